The predicted molar refractivity (Wildman–Crippen MR) is 73.1 cm³/mol. The maximum Gasteiger partial charge on any atom is 0.308 e. The summed E-state index contributed by atoms with van der Waals surface area (Å²) in [5, 5.41) is 10.1. The molecule has 18 heavy (non-hydrogen) atoms. The van der Waals surface area contributed by atoms with Crippen molar-refractivity contribution in [3.63, 3.8) is 0 Å². The van der Waals surface area contributed by atoms with Gasteiger partial charge < -0.3 is 15.0 Å². The van der Waals surface area contributed by atoms with Gasteiger partial charge in [-0.3, -0.25) is 4.79 Å². The molecule has 0 fully saturated rings. The molecular weight excluding hydrogens is 228 g/mol. The molecule has 2 aromatic rings. The third kappa shape index (κ3) is 2.18. The summed E-state index contributed by atoms with van der Waals surface area (Å²) in [5.74, 6) is -1.15. The molecule has 0 radical (unpaired) electrons. The van der Waals surface area contributed by atoms with Crippen LogP contribution in [-0.2, 0) is 4.79 Å². The van der Waals surface area contributed by atoms with Gasteiger partial charge in [-0.2, -0.15) is 0 Å². The quantitative estimate of drug-likeness (QED) is 0.872. The molecule has 2 rings (SSSR count). The van der Waals surface area contributed by atoms with Crippen molar-refractivity contribution < 1.29 is 9.90 Å². The number of aromatic amines is 1. The van der Waals surface area contributed by atoms with Crippen LogP contribution in [0.15, 0.2) is 24.3 Å². The van der Waals surface area contributed by atoms with Crippen molar-refractivity contribution >= 4 is 22.6 Å². The number of aryl methyl sites for hydroxylation is 1. The average molecular weight is 246 g/mol. The summed E-state index contributed by atoms with van der Waals surface area (Å²) in [6.07, 6.45) is 0. The number of rotatable bonds is 4. The fourth-order valence-corrected chi connectivity index (χ4v) is 2.33. The smallest absolute Gasteiger partial charge is 0.308 e. The van der Waals surface area contributed by atoms with Gasteiger partial charge in [0.1, 0.15) is 0 Å². The van der Waals surface area contributed by atoms with Crippen LogP contribution in [-0.4, -0.2) is 29.7 Å². The molecule has 0 aliphatic rings. The highest BCUT2D eigenvalue weighted by atomic mass is 16.4. The van der Waals surface area contributed by atoms with E-state index in [1.807, 2.05) is 37.1 Å². The van der Waals surface area contributed by atoms with Crippen molar-refractivity contribution in [3.05, 3.63) is 30.0 Å². The van der Waals surface area contributed by atoms with Gasteiger partial charge in [0.25, 0.3) is 0 Å². The molecule has 96 valence electrons. The van der Waals surface area contributed by atoms with Crippen LogP contribution in [0.3, 0.4) is 0 Å². The Kier molecular flexibility index (Phi) is 3.28. The van der Waals surface area contributed by atoms with Gasteiger partial charge in [-0.05, 0) is 13.0 Å². The minimum atomic E-state index is -0.764. The van der Waals surface area contributed by atoms with Crippen molar-refractivity contribution in [2.45, 2.75) is 13.8 Å². The minimum Gasteiger partial charge on any atom is -0.481 e. The fraction of sp³-hybridized carbons (Fsp3) is 0.357. The van der Waals surface area contributed by atoms with Gasteiger partial charge in [0.05, 0.1) is 11.6 Å². The summed E-state index contributed by atoms with van der Waals surface area (Å²) < 4.78 is 0. The zero-order valence-electron chi connectivity index (χ0n) is 10.9. The van der Waals surface area contributed by atoms with Crippen LogP contribution >= 0.6 is 0 Å². The molecule has 0 bridgehead atoms. The molecule has 1 aromatic heterocycles. The number of carboxylic acid groups (broad SMARTS) is 1. The van der Waals surface area contributed by atoms with Crippen LogP contribution in [0.1, 0.15) is 12.6 Å². The van der Waals surface area contributed by atoms with E-state index in [9.17, 15) is 4.79 Å². The number of para-hydroxylation sites is 1. The van der Waals surface area contributed by atoms with Crippen molar-refractivity contribution in [1.29, 1.82) is 0 Å². The van der Waals surface area contributed by atoms with Gasteiger partial charge in [-0.15, -0.1) is 0 Å². The fourth-order valence-electron chi connectivity index (χ4n) is 2.33. The molecule has 0 saturated heterocycles. The topological polar surface area (TPSA) is 56.3 Å². The van der Waals surface area contributed by atoms with E-state index in [1.165, 1.54) is 0 Å². The Hall–Kier alpha value is -1.97. The van der Waals surface area contributed by atoms with E-state index in [2.05, 4.69) is 11.1 Å². The number of fused-ring (bicyclic) bond motifs is 1. The molecule has 1 aromatic carbocycles. The molecule has 0 aliphatic heterocycles. The molecular formula is C14H18N2O2. The first kappa shape index (κ1) is 12.5. The first-order valence-electron chi connectivity index (χ1n) is 6.02. The molecule has 1 unspecified atom stereocenters. The first-order valence-corrected chi connectivity index (χ1v) is 6.02. The lowest BCUT2D eigenvalue weighted by Crippen LogP contribution is -2.28. The number of carbonyl (C=O) groups is 1. The van der Waals surface area contributed by atoms with Gasteiger partial charge in [0.2, 0.25) is 0 Å². The van der Waals surface area contributed by atoms with E-state index >= 15 is 0 Å². The largest absolute Gasteiger partial charge is 0.481 e. The lowest BCUT2D eigenvalue weighted by Gasteiger charge is -2.21. The number of hydrogen-bond acceptors (Lipinski definition) is 2. The van der Waals surface area contributed by atoms with E-state index in [1.54, 1.807) is 6.92 Å². The molecule has 1 heterocycles. The minimum absolute atomic E-state index is 0.386. The van der Waals surface area contributed by atoms with E-state index in [0.29, 0.717) is 6.54 Å². The monoisotopic (exact) mass is 246 g/mol. The van der Waals surface area contributed by atoms with E-state index in [-0.39, 0.29) is 5.92 Å². The van der Waals surface area contributed by atoms with Gasteiger partial charge in [-0.1, -0.05) is 25.1 Å². The Bertz CT molecular complexity index is 574. The highest BCUT2D eigenvalue weighted by molar-refractivity contribution is 5.94. The Balaban J connectivity index is 2.35. The molecule has 2 N–H and O–H groups in total. The maximum atomic E-state index is 10.9. The van der Waals surface area contributed by atoms with Crippen molar-refractivity contribution in [2.24, 2.45) is 5.92 Å². The van der Waals surface area contributed by atoms with Crippen LogP contribution < -0.4 is 4.90 Å². The highest BCUT2D eigenvalue weighted by Crippen LogP contribution is 2.30. The summed E-state index contributed by atoms with van der Waals surface area (Å²) in [5.41, 5.74) is 3.23. The molecule has 4 heteroatoms. The second-order valence-corrected chi connectivity index (χ2v) is 4.76. The summed E-state index contributed by atoms with van der Waals surface area (Å²) in [4.78, 5) is 16.2. The number of nitrogens with zero attached hydrogens (tertiary/aromatic N) is 1. The van der Waals surface area contributed by atoms with Gasteiger partial charge in [0, 0.05) is 30.2 Å². The van der Waals surface area contributed by atoms with E-state index in [4.69, 9.17) is 5.11 Å². The Morgan fingerprint density at radius 2 is 2.11 bits per heavy atom. The number of carboxylic acids is 1. The number of hydrogen-bond donors (Lipinski definition) is 2. The number of nitrogens with one attached hydrogen (secondary N) is 1. The molecule has 4 nitrogen and oxygen atoms in total. The van der Waals surface area contributed by atoms with E-state index in [0.717, 1.165) is 22.3 Å². The molecule has 0 amide bonds. The number of benzene rings is 1. The second kappa shape index (κ2) is 4.72. The highest BCUT2D eigenvalue weighted by Gasteiger charge is 2.17. The summed E-state index contributed by atoms with van der Waals surface area (Å²) in [6, 6.07) is 8.06. The lowest BCUT2D eigenvalue weighted by molar-refractivity contribution is -0.140. The number of H-pyrrole nitrogens is 1. The van der Waals surface area contributed by atoms with Gasteiger partial charge >= 0.3 is 5.97 Å². The summed E-state index contributed by atoms with van der Waals surface area (Å²) >= 11 is 0. The lowest BCUT2D eigenvalue weighted by atomic mass is 10.1. The van der Waals surface area contributed by atoms with Crippen molar-refractivity contribution in [1.82, 2.24) is 4.98 Å². The SMILES string of the molecule is Cc1[nH]c2ccccc2c1N(C)CC(C)C(=O)O. The van der Waals surface area contributed by atoms with Crippen LogP contribution in [0.2, 0.25) is 0 Å². The van der Waals surface area contributed by atoms with Crippen LogP contribution in [0.4, 0.5) is 5.69 Å². The summed E-state index contributed by atoms with van der Waals surface area (Å²) in [6.45, 7) is 4.23. The number of aromatic nitrogens is 1. The predicted octanol–water partition coefficient (Wildman–Crippen LogP) is 2.63. The molecule has 1 atom stereocenters. The third-order valence-corrected chi connectivity index (χ3v) is 3.21. The standard InChI is InChI=1S/C14H18N2O2/c1-9(14(17)18)8-16(3)13-10(2)15-12-7-5-4-6-11(12)13/h4-7,9,15H,8H2,1-3H3,(H,17,18). The summed E-state index contributed by atoms with van der Waals surface area (Å²) in [7, 11) is 1.93. The van der Waals surface area contributed by atoms with Gasteiger partial charge in [0.15, 0.2) is 0 Å². The first-order chi connectivity index (χ1) is 8.50. The molecule has 0 saturated carbocycles. The molecule has 0 aliphatic carbocycles. The van der Waals surface area contributed by atoms with Gasteiger partial charge in [-0.25, -0.2) is 0 Å². The zero-order chi connectivity index (χ0) is 13.3. The Labute approximate surface area is 106 Å². The zero-order valence-corrected chi connectivity index (χ0v) is 10.9. The Morgan fingerprint density at radius 3 is 2.78 bits per heavy atom. The molecule has 0 spiro atoms. The Morgan fingerprint density at radius 1 is 1.44 bits per heavy atom. The third-order valence-electron chi connectivity index (χ3n) is 3.21. The second-order valence-electron chi connectivity index (χ2n) is 4.76. The van der Waals surface area contributed by atoms with Crippen molar-refractivity contribution in [3.8, 4) is 0 Å². The average Bonchev–Trinajstić information content (AvgIpc) is 2.64. The van der Waals surface area contributed by atoms with Crippen LogP contribution in [0, 0.1) is 12.8 Å². The van der Waals surface area contributed by atoms with Crippen LogP contribution in [0.25, 0.3) is 10.9 Å². The normalized spacial score (nSPS) is 12.6. The van der Waals surface area contributed by atoms with Crippen LogP contribution in [0.5, 0.6) is 0 Å². The maximum absolute atomic E-state index is 10.9. The number of aliphatic carboxylic acids is 1. The van der Waals surface area contributed by atoms with Crippen molar-refractivity contribution in [2.75, 3.05) is 18.5 Å². The number of anilines is 1. The van der Waals surface area contributed by atoms with E-state index < -0.39 is 5.97 Å².